The molecule has 62 heavy (non-hydrogen) atoms. The average Bonchev–Trinajstić information content (AvgIpc) is 3.87. The Bertz CT molecular complexity index is 3550. The van der Waals surface area contributed by atoms with Gasteiger partial charge in [0.25, 0.3) is 0 Å². The summed E-state index contributed by atoms with van der Waals surface area (Å²) >= 11 is 0. The van der Waals surface area contributed by atoms with Crippen LogP contribution >= 0.6 is 0 Å². The van der Waals surface area contributed by atoms with Gasteiger partial charge in [-0.25, -0.2) is 15.0 Å². The molecule has 5 heteroatoms. The van der Waals surface area contributed by atoms with Crippen LogP contribution in [-0.4, -0.2) is 24.1 Å². The van der Waals surface area contributed by atoms with Gasteiger partial charge in [0.15, 0.2) is 17.5 Å². The Morgan fingerprint density at radius 2 is 0.645 bits per heavy atom. The van der Waals surface area contributed by atoms with E-state index in [4.69, 9.17) is 15.0 Å². The van der Waals surface area contributed by atoms with E-state index in [-0.39, 0.29) is 0 Å². The Balaban J connectivity index is 0.963. The van der Waals surface area contributed by atoms with E-state index in [2.05, 4.69) is 173 Å². The number of fused-ring (bicyclic) bond motifs is 6. The van der Waals surface area contributed by atoms with Gasteiger partial charge in [0.05, 0.1) is 22.1 Å². The van der Waals surface area contributed by atoms with Crippen molar-refractivity contribution in [2.45, 2.75) is 0 Å². The van der Waals surface area contributed by atoms with Gasteiger partial charge >= 0.3 is 0 Å². The Kier molecular flexibility index (Phi) is 8.42. The molecule has 12 aromatic rings. The van der Waals surface area contributed by atoms with Crippen LogP contribution in [0.4, 0.5) is 0 Å². The summed E-state index contributed by atoms with van der Waals surface area (Å²) < 4.78 is 4.77. The molecule has 0 atom stereocenters. The van der Waals surface area contributed by atoms with Crippen molar-refractivity contribution in [3.05, 3.63) is 224 Å². The highest BCUT2D eigenvalue weighted by Gasteiger charge is 2.18. The smallest absolute Gasteiger partial charge is 0.164 e. The molecule has 5 nitrogen and oxygen atoms in total. The Labute approximate surface area is 358 Å². The van der Waals surface area contributed by atoms with Crippen LogP contribution < -0.4 is 0 Å². The maximum atomic E-state index is 4.98. The zero-order valence-electron chi connectivity index (χ0n) is 33.6. The molecule has 3 aromatic heterocycles. The number of aromatic nitrogens is 5. The molecular weight excluding hydrogens is 755 g/mol. The lowest BCUT2D eigenvalue weighted by Gasteiger charge is -2.12. The summed E-state index contributed by atoms with van der Waals surface area (Å²) in [6.07, 6.45) is 0. The van der Waals surface area contributed by atoms with Crippen molar-refractivity contribution in [3.63, 3.8) is 0 Å². The van der Waals surface area contributed by atoms with Crippen LogP contribution in [0.3, 0.4) is 0 Å². The van der Waals surface area contributed by atoms with Crippen molar-refractivity contribution in [3.8, 4) is 67.8 Å². The van der Waals surface area contributed by atoms with Crippen molar-refractivity contribution in [2.75, 3.05) is 0 Å². The SMILES string of the molecule is c1ccc(-c2cccc(-n3c4ccccc4c4cc(-c5ccc6c7ccccc7n(-c7ccc(-c8nc(-c9ccccc9)nc(-c9ccccc9)n8)cc7)c6c5)ccc43)c2)cc1. The molecule has 3 heterocycles. The number of hydrogen-bond donors (Lipinski definition) is 0. The quantitative estimate of drug-likeness (QED) is 0.162. The molecule has 0 radical (unpaired) electrons. The third kappa shape index (κ3) is 6.06. The summed E-state index contributed by atoms with van der Waals surface area (Å²) in [4.78, 5) is 14.9. The first kappa shape index (κ1) is 35.5. The fraction of sp³-hybridized carbons (Fsp3) is 0. The molecule has 0 bridgehead atoms. The predicted octanol–water partition coefficient (Wildman–Crippen LogP) is 14.4. The molecule has 0 spiro atoms. The summed E-state index contributed by atoms with van der Waals surface area (Å²) in [6.45, 7) is 0. The highest BCUT2D eigenvalue weighted by atomic mass is 15.0. The molecule has 0 saturated heterocycles. The lowest BCUT2D eigenvalue weighted by molar-refractivity contribution is 1.07. The topological polar surface area (TPSA) is 48.5 Å². The highest BCUT2D eigenvalue weighted by Crippen LogP contribution is 2.39. The van der Waals surface area contributed by atoms with E-state index >= 15 is 0 Å². The Morgan fingerprint density at radius 3 is 1.27 bits per heavy atom. The number of benzene rings is 9. The summed E-state index contributed by atoms with van der Waals surface area (Å²) in [5.41, 5.74) is 14.4. The van der Waals surface area contributed by atoms with Gasteiger partial charge in [-0.1, -0.05) is 158 Å². The molecule has 9 aromatic carbocycles. The minimum absolute atomic E-state index is 0.634. The van der Waals surface area contributed by atoms with Gasteiger partial charge in [-0.2, -0.15) is 0 Å². The first-order valence-corrected chi connectivity index (χ1v) is 20.9. The van der Waals surface area contributed by atoms with Gasteiger partial charge in [0.2, 0.25) is 0 Å². The first-order chi connectivity index (χ1) is 30.7. The van der Waals surface area contributed by atoms with E-state index in [1.165, 1.54) is 49.3 Å². The fourth-order valence-corrected chi connectivity index (χ4v) is 9.01. The van der Waals surface area contributed by atoms with E-state index in [0.717, 1.165) is 44.7 Å². The zero-order chi connectivity index (χ0) is 41.0. The van der Waals surface area contributed by atoms with Crippen LogP contribution in [0.1, 0.15) is 0 Å². The second-order valence-electron chi connectivity index (χ2n) is 15.7. The predicted molar refractivity (Wildman–Crippen MR) is 256 cm³/mol. The number of nitrogens with zero attached hydrogens (tertiary/aromatic N) is 5. The van der Waals surface area contributed by atoms with Gasteiger partial charge < -0.3 is 9.13 Å². The second-order valence-corrected chi connectivity index (χ2v) is 15.7. The molecule has 0 saturated carbocycles. The average molecular weight is 792 g/mol. The molecule has 0 fully saturated rings. The zero-order valence-corrected chi connectivity index (χ0v) is 33.6. The molecule has 0 amide bonds. The van der Waals surface area contributed by atoms with Crippen LogP contribution in [-0.2, 0) is 0 Å². The van der Waals surface area contributed by atoms with Crippen molar-refractivity contribution < 1.29 is 0 Å². The summed E-state index contributed by atoms with van der Waals surface area (Å²) in [5, 5.41) is 4.88. The Morgan fingerprint density at radius 1 is 0.226 bits per heavy atom. The van der Waals surface area contributed by atoms with Crippen molar-refractivity contribution in [2.24, 2.45) is 0 Å². The maximum Gasteiger partial charge on any atom is 0.164 e. The number of rotatable bonds is 7. The minimum atomic E-state index is 0.634. The maximum absolute atomic E-state index is 4.98. The van der Waals surface area contributed by atoms with Gasteiger partial charge in [-0.3, -0.25) is 0 Å². The van der Waals surface area contributed by atoms with Crippen molar-refractivity contribution in [1.29, 1.82) is 0 Å². The van der Waals surface area contributed by atoms with E-state index in [9.17, 15) is 0 Å². The lowest BCUT2D eigenvalue weighted by atomic mass is 10.0. The van der Waals surface area contributed by atoms with E-state index in [0.29, 0.717) is 17.5 Å². The molecule has 0 aliphatic heterocycles. The fourth-order valence-electron chi connectivity index (χ4n) is 9.01. The van der Waals surface area contributed by atoms with Crippen LogP contribution in [0, 0.1) is 0 Å². The normalized spacial score (nSPS) is 11.5. The molecule has 0 aliphatic carbocycles. The van der Waals surface area contributed by atoms with E-state index < -0.39 is 0 Å². The Hall–Kier alpha value is -8.41. The van der Waals surface area contributed by atoms with Gasteiger partial charge in [-0.05, 0) is 89.0 Å². The van der Waals surface area contributed by atoms with E-state index in [1.54, 1.807) is 0 Å². The van der Waals surface area contributed by atoms with E-state index in [1.807, 2.05) is 60.7 Å². The second kappa shape index (κ2) is 14.7. The van der Waals surface area contributed by atoms with Gasteiger partial charge in [0.1, 0.15) is 0 Å². The standard InChI is InChI=1S/C57H37N5/c1-4-15-38(16-5-1)42-21-14-22-46(35-42)62-52-26-13-11-24-48(52)50-36-43(30-34-53(50)62)44-29-33-49-47-23-10-12-25-51(47)61(54(49)37-44)45-31-27-41(28-32-45)57-59-55(39-17-6-2-7-18-39)58-56(60-57)40-19-8-3-9-20-40/h1-37H. The monoisotopic (exact) mass is 791 g/mol. The van der Waals surface area contributed by atoms with Crippen LogP contribution in [0.25, 0.3) is 111 Å². The summed E-state index contributed by atoms with van der Waals surface area (Å²) in [5.74, 6) is 1.93. The summed E-state index contributed by atoms with van der Waals surface area (Å²) in [6, 6.07) is 79.5. The number of hydrogen-bond acceptors (Lipinski definition) is 3. The molecule has 290 valence electrons. The molecule has 12 rings (SSSR count). The van der Waals surface area contributed by atoms with Gasteiger partial charge in [0, 0.05) is 49.6 Å². The van der Waals surface area contributed by atoms with Gasteiger partial charge in [-0.15, -0.1) is 0 Å². The van der Waals surface area contributed by atoms with Crippen molar-refractivity contribution >= 4 is 43.6 Å². The summed E-state index contributed by atoms with van der Waals surface area (Å²) in [7, 11) is 0. The third-order valence-corrected chi connectivity index (χ3v) is 12.0. The number of para-hydroxylation sites is 2. The van der Waals surface area contributed by atoms with Crippen LogP contribution in [0.15, 0.2) is 224 Å². The first-order valence-electron chi connectivity index (χ1n) is 20.9. The lowest BCUT2D eigenvalue weighted by Crippen LogP contribution is -2.00. The van der Waals surface area contributed by atoms with Crippen LogP contribution in [0.5, 0.6) is 0 Å². The third-order valence-electron chi connectivity index (χ3n) is 12.0. The molecule has 0 unspecified atom stereocenters. The minimum Gasteiger partial charge on any atom is -0.309 e. The largest absolute Gasteiger partial charge is 0.309 e. The molecule has 0 N–H and O–H groups in total. The molecular formula is C57H37N5. The molecule has 0 aliphatic rings. The van der Waals surface area contributed by atoms with Crippen LogP contribution in [0.2, 0.25) is 0 Å². The highest BCUT2D eigenvalue weighted by molar-refractivity contribution is 6.12. The van der Waals surface area contributed by atoms with Crippen molar-refractivity contribution in [1.82, 2.24) is 24.1 Å².